The minimum atomic E-state index is -0.833. The van der Waals surface area contributed by atoms with Crippen molar-refractivity contribution in [3.05, 3.63) is 58.8 Å². The van der Waals surface area contributed by atoms with E-state index in [0.717, 1.165) is 18.1 Å². The molecular formula is C27H46N4O6Y2-2. The van der Waals surface area contributed by atoms with E-state index in [9.17, 15) is 9.59 Å². The third-order valence-corrected chi connectivity index (χ3v) is 2.93. The first-order chi connectivity index (χ1) is 17.5. The number of nitrogens with one attached hydrogen (secondary N) is 1. The van der Waals surface area contributed by atoms with Crippen molar-refractivity contribution in [1.29, 1.82) is 0 Å². The second-order valence-electron chi connectivity index (χ2n) is 6.53. The molecule has 2 N–H and O–H groups in total. The number of carboxylic acids is 1. The van der Waals surface area contributed by atoms with Crippen LogP contribution in [0.1, 0.15) is 66.5 Å². The summed E-state index contributed by atoms with van der Waals surface area (Å²) in [5.74, 6) is 0.400. The van der Waals surface area contributed by atoms with Crippen molar-refractivity contribution in [1.82, 2.24) is 9.97 Å². The Morgan fingerprint density at radius 3 is 1.44 bits per heavy atom. The predicted molar refractivity (Wildman–Crippen MR) is 149 cm³/mol. The van der Waals surface area contributed by atoms with E-state index in [2.05, 4.69) is 15.3 Å². The second-order valence-corrected chi connectivity index (χ2v) is 6.53. The van der Waals surface area contributed by atoms with Crippen LogP contribution in [0, 0.1) is 13.8 Å². The Morgan fingerprint density at radius 1 is 0.821 bits per heavy atom. The topological polar surface area (TPSA) is 154 Å². The molecule has 0 fully saturated rings. The summed E-state index contributed by atoms with van der Waals surface area (Å²) < 4.78 is 10.5. The van der Waals surface area contributed by atoms with Gasteiger partial charge in [-0.15, -0.1) is 6.54 Å². The Labute approximate surface area is 285 Å². The van der Waals surface area contributed by atoms with Gasteiger partial charge in [-0.3, -0.25) is 4.79 Å². The van der Waals surface area contributed by atoms with Gasteiger partial charge in [0.25, 0.3) is 5.97 Å². The maximum Gasteiger partial charge on any atom is 0.300 e. The van der Waals surface area contributed by atoms with Gasteiger partial charge in [0.1, 0.15) is 5.78 Å². The summed E-state index contributed by atoms with van der Waals surface area (Å²) in [6.07, 6.45) is 3.36. The van der Waals surface area contributed by atoms with Gasteiger partial charge in [0.2, 0.25) is 11.8 Å². The number of pyridine rings is 2. The summed E-state index contributed by atoms with van der Waals surface area (Å²) in [7, 11) is 0. The SMILES string of the molecule is CC.CC.CC(=O)O.CC(=O)[N-]CCOc1ncccc1C.CC(C)=O.Cc1cccnc1OCC[NH-].[Y].[Y]. The minimum Gasteiger partial charge on any atom is -0.675 e. The van der Waals surface area contributed by atoms with Crippen LogP contribution in [-0.4, -0.2) is 59.0 Å². The van der Waals surface area contributed by atoms with Crippen LogP contribution >= 0.6 is 0 Å². The molecule has 0 aliphatic heterocycles. The normalized spacial score (nSPS) is 7.77. The number of amides is 1. The zero-order valence-electron chi connectivity index (χ0n) is 25.3. The Morgan fingerprint density at radius 2 is 1.15 bits per heavy atom. The Hall–Kier alpha value is -1.32. The maximum atomic E-state index is 10.5. The number of aromatic nitrogens is 2. The zero-order chi connectivity index (χ0) is 29.6. The molecule has 2 rings (SSSR count). The molecule has 0 spiro atoms. The third kappa shape index (κ3) is 44.0. The summed E-state index contributed by atoms with van der Waals surface area (Å²) in [6, 6.07) is 7.57. The number of nitrogens with zero attached hydrogens (tertiary/aromatic N) is 3. The number of hydrogen-bond acceptors (Lipinski definition) is 7. The van der Waals surface area contributed by atoms with Crippen molar-refractivity contribution in [3.8, 4) is 11.8 Å². The van der Waals surface area contributed by atoms with E-state index in [0.29, 0.717) is 31.5 Å². The summed E-state index contributed by atoms with van der Waals surface area (Å²) >= 11 is 0. The number of Topliss-reactive ketones (excluding diaryl/α,β-unsaturated/α-hetero) is 1. The fourth-order valence-corrected chi connectivity index (χ4v) is 1.74. The van der Waals surface area contributed by atoms with E-state index < -0.39 is 5.97 Å². The summed E-state index contributed by atoms with van der Waals surface area (Å²) in [6.45, 7) is 18.9. The standard InChI is InChI=1S/C10H14N2O2.C8H11N2O.C3H6O.C2H4O2.2C2H6.2Y/c1-8-4-3-5-12-10(8)14-7-6-11-9(2)13;1-7-3-2-5-10-8(7)11-6-4-9;1-3(2)4;1-2(3)4;2*1-2;;/h3-5H,6-7H2,1-2H3,(H,11,13);2-3,5,9H,4,6H2,1H3;1-2H3;1H3,(H,3,4);2*1-2H3;;/q;-1;;;;;;/p-1. The monoisotopic (exact) mass is 700 g/mol. The number of aliphatic carboxylic acids is 1. The van der Waals surface area contributed by atoms with Crippen molar-refractivity contribution >= 4 is 17.7 Å². The smallest absolute Gasteiger partial charge is 0.300 e. The van der Waals surface area contributed by atoms with E-state index in [1.54, 1.807) is 12.4 Å². The minimum absolute atomic E-state index is 0. The van der Waals surface area contributed by atoms with E-state index >= 15 is 0 Å². The zero-order valence-corrected chi connectivity index (χ0v) is 31.0. The van der Waals surface area contributed by atoms with E-state index in [-0.39, 0.29) is 83.7 Å². The number of carbonyl (C=O) groups is 3. The molecule has 2 aromatic rings. The van der Waals surface area contributed by atoms with Crippen LogP contribution in [0.3, 0.4) is 0 Å². The van der Waals surface area contributed by atoms with Gasteiger partial charge in [-0.2, -0.15) is 0 Å². The average molecular weight is 700 g/mol. The van der Waals surface area contributed by atoms with Gasteiger partial charge in [-0.25, -0.2) is 9.97 Å². The summed E-state index contributed by atoms with van der Waals surface area (Å²) in [4.78, 5) is 37.0. The van der Waals surface area contributed by atoms with Crippen LogP contribution in [0.2, 0.25) is 0 Å². The predicted octanol–water partition coefficient (Wildman–Crippen LogP) is 6.24. The van der Waals surface area contributed by atoms with Gasteiger partial charge < -0.3 is 35.2 Å². The Kier molecular flexibility index (Phi) is 50.3. The summed E-state index contributed by atoms with van der Waals surface area (Å²) in [5.41, 5.74) is 8.87. The molecule has 0 aliphatic carbocycles. The maximum absolute atomic E-state index is 10.5. The Balaban J connectivity index is -0.0000000972. The van der Waals surface area contributed by atoms with Crippen LogP contribution in [0.15, 0.2) is 36.7 Å². The first-order valence-corrected chi connectivity index (χ1v) is 12.1. The third-order valence-electron chi connectivity index (χ3n) is 2.93. The number of hydrogen-bond donors (Lipinski definition) is 1. The van der Waals surface area contributed by atoms with E-state index in [1.807, 2.05) is 65.8 Å². The van der Waals surface area contributed by atoms with Gasteiger partial charge in [-0.1, -0.05) is 46.4 Å². The van der Waals surface area contributed by atoms with Crippen LogP contribution in [-0.2, 0) is 79.8 Å². The van der Waals surface area contributed by atoms with Gasteiger partial charge in [0.15, 0.2) is 0 Å². The van der Waals surface area contributed by atoms with Crippen molar-refractivity contribution in [2.24, 2.45) is 0 Å². The van der Waals surface area contributed by atoms with Crippen LogP contribution in [0.4, 0.5) is 0 Å². The molecule has 2 radical (unpaired) electrons. The molecule has 0 aliphatic rings. The molecule has 2 aromatic heterocycles. The van der Waals surface area contributed by atoms with E-state index in [4.69, 9.17) is 25.1 Å². The van der Waals surface area contributed by atoms with E-state index in [1.165, 1.54) is 20.8 Å². The average Bonchev–Trinajstić information content (AvgIpc) is 2.84. The number of ether oxygens (including phenoxy) is 2. The van der Waals surface area contributed by atoms with Gasteiger partial charge in [0.05, 0.1) is 13.2 Å². The van der Waals surface area contributed by atoms with Crippen molar-refractivity contribution in [3.63, 3.8) is 0 Å². The number of rotatable bonds is 7. The molecule has 218 valence electrons. The Bertz CT molecular complexity index is 823. The molecule has 0 saturated carbocycles. The fourth-order valence-electron chi connectivity index (χ4n) is 1.74. The van der Waals surface area contributed by atoms with Gasteiger partial charge in [-0.05, 0) is 46.8 Å². The molecule has 0 saturated heterocycles. The van der Waals surface area contributed by atoms with Crippen LogP contribution in [0.25, 0.3) is 11.1 Å². The molecule has 1 amide bonds. The molecule has 2 heterocycles. The fraction of sp³-hybridized carbons (Fsp3) is 0.519. The number of carboxylic acid groups (broad SMARTS) is 1. The second kappa shape index (κ2) is 38.8. The van der Waals surface area contributed by atoms with Crippen molar-refractivity contribution in [2.45, 2.75) is 69.2 Å². The molecule has 39 heavy (non-hydrogen) atoms. The first kappa shape index (κ1) is 50.5. The van der Waals surface area contributed by atoms with Crippen molar-refractivity contribution < 1.29 is 94.4 Å². The van der Waals surface area contributed by atoms with Gasteiger partial charge >= 0.3 is 0 Å². The quantitative estimate of drug-likeness (QED) is 0.333. The summed E-state index contributed by atoms with van der Waals surface area (Å²) in [5, 5.41) is 11.1. The number of ketones is 1. The largest absolute Gasteiger partial charge is 0.675 e. The first-order valence-electron chi connectivity index (χ1n) is 12.1. The molecular weight excluding hydrogens is 654 g/mol. The number of aryl methyl sites for hydroxylation is 2. The molecule has 12 heteroatoms. The van der Waals surface area contributed by atoms with Crippen molar-refractivity contribution in [2.75, 3.05) is 26.3 Å². The van der Waals surface area contributed by atoms with Crippen LogP contribution < -0.4 is 9.47 Å². The molecule has 0 bridgehead atoms. The molecule has 0 atom stereocenters. The number of carbonyl (C=O) groups excluding carboxylic acids is 2. The van der Waals surface area contributed by atoms with Crippen LogP contribution in [0.5, 0.6) is 11.8 Å². The van der Waals surface area contributed by atoms with Gasteiger partial charge in [0, 0.05) is 102 Å². The molecule has 10 nitrogen and oxygen atoms in total. The molecule has 0 aromatic carbocycles. The molecule has 0 unspecified atom stereocenters.